The van der Waals surface area contributed by atoms with Gasteiger partial charge in [0.2, 0.25) is 11.9 Å². The topological polar surface area (TPSA) is 68.5 Å². The summed E-state index contributed by atoms with van der Waals surface area (Å²) in [4.78, 5) is 25.1. The van der Waals surface area contributed by atoms with Crippen molar-refractivity contribution in [3.8, 4) is 0 Å². The number of nitrogens with one attached hydrogen (secondary N) is 1. The quantitative estimate of drug-likeness (QED) is 0.692. The van der Waals surface area contributed by atoms with Gasteiger partial charge in [-0.05, 0) is 49.2 Å². The van der Waals surface area contributed by atoms with Crippen LogP contribution < -0.4 is 5.32 Å². The summed E-state index contributed by atoms with van der Waals surface area (Å²) in [7, 11) is 0. The number of esters is 1. The lowest BCUT2D eigenvalue weighted by Crippen LogP contribution is -2.26. The summed E-state index contributed by atoms with van der Waals surface area (Å²) in [6, 6.07) is 17.7. The molecule has 0 aliphatic rings. The first-order valence-corrected chi connectivity index (χ1v) is 8.21. The Kier molecular flexibility index (Phi) is 5.17. The van der Waals surface area contributed by atoms with Crippen LogP contribution in [0.1, 0.15) is 33.3 Å². The molecule has 0 spiro atoms. The molecule has 26 heavy (non-hydrogen) atoms. The molecule has 5 nitrogen and oxygen atoms in total. The van der Waals surface area contributed by atoms with Gasteiger partial charge in [-0.15, -0.1) is 0 Å². The summed E-state index contributed by atoms with van der Waals surface area (Å²) in [5, 5.41) is 2.83. The first-order chi connectivity index (χ1) is 12.5. The highest BCUT2D eigenvalue weighted by Gasteiger charge is 2.26. The van der Waals surface area contributed by atoms with Crippen LogP contribution in [0.3, 0.4) is 0 Å². The molecule has 5 heteroatoms. The molecule has 0 aliphatic carbocycles. The number of furan rings is 1. The van der Waals surface area contributed by atoms with E-state index in [1.54, 1.807) is 30.3 Å². The third-order valence-electron chi connectivity index (χ3n) is 3.78. The Morgan fingerprint density at radius 2 is 1.65 bits per heavy atom. The Balaban J connectivity index is 1.85. The number of anilines is 1. The summed E-state index contributed by atoms with van der Waals surface area (Å²) in [6.45, 7) is 3.91. The standard InChI is InChI=1S/C21H19NO4/c1-14-11-15(2)13-17(12-14)22-20(23)19(16-7-4-3-5-8-16)26-21(24)18-9-6-10-25-18/h3-13,19H,1-2H3,(H,22,23). The van der Waals surface area contributed by atoms with Crippen molar-refractivity contribution in [2.24, 2.45) is 0 Å². The normalized spacial score (nSPS) is 11.6. The molecule has 0 aliphatic heterocycles. The van der Waals surface area contributed by atoms with Crippen molar-refractivity contribution in [3.63, 3.8) is 0 Å². The van der Waals surface area contributed by atoms with Crippen molar-refractivity contribution in [2.45, 2.75) is 20.0 Å². The Morgan fingerprint density at radius 3 is 2.27 bits per heavy atom. The fourth-order valence-electron chi connectivity index (χ4n) is 2.72. The maximum absolute atomic E-state index is 12.8. The zero-order valence-electron chi connectivity index (χ0n) is 14.6. The first-order valence-electron chi connectivity index (χ1n) is 8.21. The van der Waals surface area contributed by atoms with Gasteiger partial charge in [-0.3, -0.25) is 4.79 Å². The lowest BCUT2D eigenvalue weighted by molar-refractivity contribution is -0.125. The highest BCUT2D eigenvalue weighted by molar-refractivity contribution is 5.97. The number of ether oxygens (including phenoxy) is 1. The van der Waals surface area contributed by atoms with Crippen molar-refractivity contribution in [1.29, 1.82) is 0 Å². The number of hydrogen-bond acceptors (Lipinski definition) is 4. The van der Waals surface area contributed by atoms with E-state index >= 15 is 0 Å². The van der Waals surface area contributed by atoms with E-state index in [9.17, 15) is 9.59 Å². The summed E-state index contributed by atoms with van der Waals surface area (Å²) < 4.78 is 10.5. The number of carbonyl (C=O) groups excluding carboxylic acids is 2. The van der Waals surface area contributed by atoms with E-state index in [4.69, 9.17) is 9.15 Å². The third kappa shape index (κ3) is 4.19. The first kappa shape index (κ1) is 17.5. The number of amides is 1. The van der Waals surface area contributed by atoms with Crippen LogP contribution in [-0.2, 0) is 9.53 Å². The molecule has 1 amide bonds. The van der Waals surface area contributed by atoms with Gasteiger partial charge in [0.25, 0.3) is 5.91 Å². The van der Waals surface area contributed by atoms with Gasteiger partial charge in [0.05, 0.1) is 6.26 Å². The second kappa shape index (κ2) is 7.70. The lowest BCUT2D eigenvalue weighted by Gasteiger charge is -2.18. The molecule has 1 N–H and O–H groups in total. The Hall–Kier alpha value is -3.34. The molecule has 1 atom stereocenters. The summed E-state index contributed by atoms with van der Waals surface area (Å²) in [5.74, 6) is -1.08. The maximum Gasteiger partial charge on any atom is 0.375 e. The van der Waals surface area contributed by atoms with Gasteiger partial charge >= 0.3 is 5.97 Å². The van der Waals surface area contributed by atoms with Gasteiger partial charge in [-0.2, -0.15) is 0 Å². The van der Waals surface area contributed by atoms with Crippen molar-refractivity contribution < 1.29 is 18.7 Å². The zero-order chi connectivity index (χ0) is 18.5. The monoisotopic (exact) mass is 349 g/mol. The zero-order valence-corrected chi connectivity index (χ0v) is 14.6. The number of benzene rings is 2. The predicted molar refractivity (Wildman–Crippen MR) is 97.9 cm³/mol. The smallest absolute Gasteiger partial charge is 0.375 e. The van der Waals surface area contributed by atoms with E-state index in [1.165, 1.54) is 12.3 Å². The van der Waals surface area contributed by atoms with Crippen LogP contribution in [0.25, 0.3) is 0 Å². The largest absolute Gasteiger partial charge is 0.457 e. The van der Waals surface area contributed by atoms with Gasteiger partial charge in [0.1, 0.15) is 0 Å². The highest BCUT2D eigenvalue weighted by atomic mass is 16.6. The SMILES string of the molecule is Cc1cc(C)cc(NC(=O)C(OC(=O)c2ccco2)c2ccccc2)c1. The molecule has 3 aromatic rings. The number of aryl methyl sites for hydroxylation is 2. The fraction of sp³-hybridized carbons (Fsp3) is 0.143. The van der Waals surface area contributed by atoms with Crippen LogP contribution in [0.4, 0.5) is 5.69 Å². The van der Waals surface area contributed by atoms with Crippen LogP contribution in [0.5, 0.6) is 0 Å². The average Bonchev–Trinajstić information content (AvgIpc) is 3.14. The van der Waals surface area contributed by atoms with E-state index in [1.807, 2.05) is 38.1 Å². The molecule has 2 aromatic carbocycles. The van der Waals surface area contributed by atoms with E-state index < -0.39 is 18.0 Å². The van der Waals surface area contributed by atoms with Gasteiger partial charge in [-0.25, -0.2) is 4.79 Å². The number of rotatable bonds is 5. The van der Waals surface area contributed by atoms with E-state index in [-0.39, 0.29) is 5.76 Å². The molecule has 0 saturated carbocycles. The van der Waals surface area contributed by atoms with Crippen LogP contribution in [0.2, 0.25) is 0 Å². The van der Waals surface area contributed by atoms with Crippen LogP contribution >= 0.6 is 0 Å². The molecular weight excluding hydrogens is 330 g/mol. The van der Waals surface area contributed by atoms with E-state index in [0.29, 0.717) is 11.3 Å². The van der Waals surface area contributed by atoms with E-state index in [2.05, 4.69) is 5.32 Å². The minimum atomic E-state index is -1.09. The molecular formula is C21H19NO4. The van der Waals surface area contributed by atoms with Gasteiger partial charge in [0, 0.05) is 11.3 Å². The molecule has 3 rings (SSSR count). The number of carbonyl (C=O) groups is 2. The molecule has 0 saturated heterocycles. The molecule has 0 fully saturated rings. The molecule has 1 aromatic heterocycles. The lowest BCUT2D eigenvalue weighted by atomic mass is 10.1. The highest BCUT2D eigenvalue weighted by Crippen LogP contribution is 2.23. The average molecular weight is 349 g/mol. The summed E-state index contributed by atoms with van der Waals surface area (Å²) in [6.07, 6.45) is 0.290. The number of hydrogen-bond donors (Lipinski definition) is 1. The maximum atomic E-state index is 12.8. The third-order valence-corrected chi connectivity index (χ3v) is 3.78. The molecule has 0 radical (unpaired) electrons. The van der Waals surface area contributed by atoms with Crippen LogP contribution in [-0.4, -0.2) is 11.9 Å². The van der Waals surface area contributed by atoms with Crippen LogP contribution in [0, 0.1) is 13.8 Å². The van der Waals surface area contributed by atoms with Crippen LogP contribution in [0.15, 0.2) is 71.3 Å². The molecule has 132 valence electrons. The minimum Gasteiger partial charge on any atom is -0.457 e. The molecule has 1 unspecified atom stereocenters. The van der Waals surface area contributed by atoms with Crippen molar-refractivity contribution in [3.05, 3.63) is 89.4 Å². The second-order valence-corrected chi connectivity index (χ2v) is 6.04. The summed E-state index contributed by atoms with van der Waals surface area (Å²) >= 11 is 0. The predicted octanol–water partition coefficient (Wildman–Crippen LogP) is 4.43. The van der Waals surface area contributed by atoms with Crippen molar-refractivity contribution in [1.82, 2.24) is 0 Å². The molecule has 0 bridgehead atoms. The molecule has 1 heterocycles. The van der Waals surface area contributed by atoms with Crippen molar-refractivity contribution in [2.75, 3.05) is 5.32 Å². The van der Waals surface area contributed by atoms with Crippen molar-refractivity contribution >= 4 is 17.6 Å². The second-order valence-electron chi connectivity index (χ2n) is 6.04. The summed E-state index contributed by atoms with van der Waals surface area (Å²) in [5.41, 5.74) is 3.30. The fourth-order valence-corrected chi connectivity index (χ4v) is 2.72. The van der Waals surface area contributed by atoms with E-state index in [0.717, 1.165) is 11.1 Å². The van der Waals surface area contributed by atoms with Gasteiger partial charge in [0.15, 0.2) is 0 Å². The van der Waals surface area contributed by atoms with Gasteiger partial charge in [-0.1, -0.05) is 36.4 Å². The Bertz CT molecular complexity index is 881. The Morgan fingerprint density at radius 1 is 0.962 bits per heavy atom. The Labute approximate surface area is 151 Å². The minimum absolute atomic E-state index is 0.0464. The van der Waals surface area contributed by atoms with Gasteiger partial charge < -0.3 is 14.5 Å².